The average molecular weight is 324 g/mol. The molecule has 1 fully saturated rings. The number of carbonyl (C=O) groups excluding carboxylic acids is 1. The van der Waals surface area contributed by atoms with Gasteiger partial charge in [-0.2, -0.15) is 0 Å². The molecule has 1 aromatic rings. The highest BCUT2D eigenvalue weighted by molar-refractivity contribution is 6.30. The minimum atomic E-state index is 0.0630. The number of benzene rings is 1. The second kappa shape index (κ2) is 8.51. The van der Waals surface area contributed by atoms with E-state index in [0.717, 1.165) is 24.5 Å². The molecule has 1 heterocycles. The molecule has 0 aliphatic carbocycles. The number of hydrogen-bond acceptors (Lipinski definition) is 3. The first-order valence-corrected chi connectivity index (χ1v) is 8.46. The monoisotopic (exact) mass is 323 g/mol. The van der Waals surface area contributed by atoms with Gasteiger partial charge < -0.3 is 11.1 Å². The Morgan fingerprint density at radius 2 is 2.14 bits per heavy atom. The molecule has 1 saturated heterocycles. The van der Waals surface area contributed by atoms with Crippen molar-refractivity contribution < 1.29 is 4.79 Å². The van der Waals surface area contributed by atoms with Gasteiger partial charge in [-0.25, -0.2) is 0 Å². The lowest BCUT2D eigenvalue weighted by atomic mass is 10.1. The molecule has 1 aliphatic rings. The number of nitrogens with zero attached hydrogens (tertiary/aromatic N) is 1. The van der Waals surface area contributed by atoms with Crippen molar-refractivity contribution in [3.05, 3.63) is 34.9 Å². The predicted molar refractivity (Wildman–Crippen MR) is 90.9 cm³/mol. The Morgan fingerprint density at radius 1 is 1.41 bits per heavy atom. The summed E-state index contributed by atoms with van der Waals surface area (Å²) in [7, 11) is 0. The van der Waals surface area contributed by atoms with Gasteiger partial charge in [0.1, 0.15) is 0 Å². The van der Waals surface area contributed by atoms with Crippen LogP contribution < -0.4 is 11.1 Å². The van der Waals surface area contributed by atoms with Gasteiger partial charge in [0.2, 0.25) is 5.91 Å². The van der Waals surface area contributed by atoms with E-state index in [4.69, 9.17) is 17.3 Å². The van der Waals surface area contributed by atoms with Gasteiger partial charge in [0.25, 0.3) is 0 Å². The predicted octanol–water partition coefficient (Wildman–Crippen LogP) is 2.72. The Labute approximate surface area is 138 Å². The summed E-state index contributed by atoms with van der Waals surface area (Å²) in [6.45, 7) is 4.70. The highest BCUT2D eigenvalue weighted by atomic mass is 35.5. The SMILES string of the molecule is CC(N)CCC(=O)NCC(c1cccc(Cl)c1)N1CCCC1. The van der Waals surface area contributed by atoms with Crippen LogP contribution in [-0.4, -0.2) is 36.5 Å². The number of halogens is 1. The second-order valence-corrected chi connectivity index (χ2v) is 6.57. The molecule has 122 valence electrons. The molecule has 2 unspecified atom stereocenters. The maximum atomic E-state index is 12.0. The first-order valence-electron chi connectivity index (χ1n) is 8.08. The van der Waals surface area contributed by atoms with Gasteiger partial charge in [0.05, 0.1) is 6.04 Å². The summed E-state index contributed by atoms with van der Waals surface area (Å²) in [5.74, 6) is 0.0727. The summed E-state index contributed by atoms with van der Waals surface area (Å²) in [5.41, 5.74) is 6.87. The summed E-state index contributed by atoms with van der Waals surface area (Å²) in [5, 5.41) is 3.79. The molecule has 2 atom stereocenters. The number of nitrogens with two attached hydrogens (primary N) is 1. The fourth-order valence-electron chi connectivity index (χ4n) is 2.88. The van der Waals surface area contributed by atoms with Gasteiger partial charge in [-0.3, -0.25) is 9.69 Å². The molecule has 0 aromatic heterocycles. The average Bonchev–Trinajstić information content (AvgIpc) is 2.99. The quantitative estimate of drug-likeness (QED) is 0.811. The van der Waals surface area contributed by atoms with Crippen molar-refractivity contribution in [1.29, 1.82) is 0 Å². The van der Waals surface area contributed by atoms with Crippen LogP contribution in [0, 0.1) is 0 Å². The van der Waals surface area contributed by atoms with E-state index in [0.29, 0.717) is 13.0 Å². The molecule has 0 spiro atoms. The molecule has 1 aromatic carbocycles. The number of nitrogens with one attached hydrogen (secondary N) is 1. The van der Waals surface area contributed by atoms with Crippen LogP contribution in [0.15, 0.2) is 24.3 Å². The molecule has 5 heteroatoms. The Morgan fingerprint density at radius 3 is 2.77 bits per heavy atom. The lowest BCUT2D eigenvalue weighted by Gasteiger charge is -2.28. The van der Waals surface area contributed by atoms with E-state index in [1.807, 2.05) is 25.1 Å². The van der Waals surface area contributed by atoms with Crippen molar-refractivity contribution in [2.75, 3.05) is 19.6 Å². The van der Waals surface area contributed by atoms with Gasteiger partial charge in [0, 0.05) is 24.0 Å². The molecular weight excluding hydrogens is 298 g/mol. The fourth-order valence-corrected chi connectivity index (χ4v) is 3.08. The molecule has 0 bridgehead atoms. The minimum absolute atomic E-state index is 0.0630. The summed E-state index contributed by atoms with van der Waals surface area (Å²) in [6.07, 6.45) is 3.64. The van der Waals surface area contributed by atoms with Crippen molar-refractivity contribution in [3.63, 3.8) is 0 Å². The topological polar surface area (TPSA) is 58.4 Å². The van der Waals surface area contributed by atoms with E-state index in [1.165, 1.54) is 18.4 Å². The molecule has 0 saturated carbocycles. The standard InChI is InChI=1S/C17H26ClN3O/c1-13(19)7-8-17(22)20-12-16(21-9-2-3-10-21)14-5-4-6-15(18)11-14/h4-6,11,13,16H,2-3,7-10,12,19H2,1H3,(H,20,22). The third kappa shape index (κ3) is 5.27. The van der Waals surface area contributed by atoms with Gasteiger partial charge in [-0.1, -0.05) is 23.7 Å². The van der Waals surface area contributed by atoms with E-state index < -0.39 is 0 Å². The van der Waals surface area contributed by atoms with Crippen molar-refractivity contribution in [2.45, 2.75) is 44.7 Å². The zero-order chi connectivity index (χ0) is 15.9. The maximum absolute atomic E-state index is 12.0. The summed E-state index contributed by atoms with van der Waals surface area (Å²) in [4.78, 5) is 14.4. The zero-order valence-corrected chi connectivity index (χ0v) is 14.0. The van der Waals surface area contributed by atoms with E-state index >= 15 is 0 Å². The van der Waals surface area contributed by atoms with Crippen molar-refractivity contribution in [3.8, 4) is 0 Å². The van der Waals surface area contributed by atoms with Crippen molar-refractivity contribution >= 4 is 17.5 Å². The van der Waals surface area contributed by atoms with Crippen LogP contribution in [0.1, 0.15) is 44.2 Å². The number of hydrogen-bond donors (Lipinski definition) is 2. The molecule has 4 nitrogen and oxygen atoms in total. The van der Waals surface area contributed by atoms with Gasteiger partial charge >= 0.3 is 0 Å². The third-order valence-corrected chi connectivity index (χ3v) is 4.37. The second-order valence-electron chi connectivity index (χ2n) is 6.13. The maximum Gasteiger partial charge on any atom is 0.220 e. The summed E-state index contributed by atoms with van der Waals surface area (Å²) >= 11 is 6.12. The van der Waals surface area contributed by atoms with Crippen LogP contribution in [0.2, 0.25) is 5.02 Å². The molecule has 3 N–H and O–H groups in total. The Balaban J connectivity index is 1.98. The van der Waals surface area contributed by atoms with Gasteiger partial charge in [-0.05, 0) is 57.0 Å². The first kappa shape index (κ1) is 17.3. The fraction of sp³-hybridized carbons (Fsp3) is 0.588. The van der Waals surface area contributed by atoms with E-state index in [9.17, 15) is 4.79 Å². The third-order valence-electron chi connectivity index (χ3n) is 4.13. The highest BCUT2D eigenvalue weighted by Gasteiger charge is 2.24. The van der Waals surface area contributed by atoms with E-state index in [2.05, 4.69) is 16.3 Å². The summed E-state index contributed by atoms with van der Waals surface area (Å²) in [6, 6.07) is 8.20. The Bertz CT molecular complexity index is 487. The zero-order valence-electron chi connectivity index (χ0n) is 13.2. The van der Waals surface area contributed by atoms with Gasteiger partial charge in [-0.15, -0.1) is 0 Å². The molecule has 22 heavy (non-hydrogen) atoms. The van der Waals surface area contributed by atoms with Crippen LogP contribution in [0.4, 0.5) is 0 Å². The smallest absolute Gasteiger partial charge is 0.220 e. The molecular formula is C17H26ClN3O. The van der Waals surface area contributed by atoms with Crippen molar-refractivity contribution in [2.24, 2.45) is 5.73 Å². The largest absolute Gasteiger partial charge is 0.354 e. The highest BCUT2D eigenvalue weighted by Crippen LogP contribution is 2.26. The minimum Gasteiger partial charge on any atom is -0.354 e. The number of carbonyl (C=O) groups is 1. The van der Waals surface area contributed by atoms with Crippen LogP contribution in [0.3, 0.4) is 0 Å². The molecule has 1 amide bonds. The first-order chi connectivity index (χ1) is 10.6. The lowest BCUT2D eigenvalue weighted by molar-refractivity contribution is -0.121. The summed E-state index contributed by atoms with van der Waals surface area (Å²) < 4.78 is 0. The van der Waals surface area contributed by atoms with Crippen LogP contribution in [0.5, 0.6) is 0 Å². The van der Waals surface area contributed by atoms with Crippen LogP contribution in [0.25, 0.3) is 0 Å². The number of likely N-dealkylation sites (tertiary alicyclic amines) is 1. The lowest BCUT2D eigenvalue weighted by Crippen LogP contribution is -2.37. The van der Waals surface area contributed by atoms with Crippen LogP contribution in [-0.2, 0) is 4.79 Å². The van der Waals surface area contributed by atoms with Gasteiger partial charge in [0.15, 0.2) is 0 Å². The number of amides is 1. The molecule has 2 rings (SSSR count). The van der Waals surface area contributed by atoms with Crippen molar-refractivity contribution in [1.82, 2.24) is 10.2 Å². The van der Waals surface area contributed by atoms with Crippen LogP contribution >= 0.6 is 11.6 Å². The van der Waals surface area contributed by atoms with E-state index in [1.54, 1.807) is 0 Å². The Kier molecular flexibility index (Phi) is 6.68. The normalized spacial score (nSPS) is 18.1. The molecule has 0 radical (unpaired) electrons. The van der Waals surface area contributed by atoms with E-state index in [-0.39, 0.29) is 18.0 Å². The Hall–Kier alpha value is -1.10. The molecule has 1 aliphatic heterocycles. The number of rotatable bonds is 7.